The van der Waals surface area contributed by atoms with E-state index in [0.29, 0.717) is 5.41 Å². The van der Waals surface area contributed by atoms with Crippen LogP contribution in [-0.4, -0.2) is 3.23 Å². The second-order valence-electron chi connectivity index (χ2n) is 5.15. The fourth-order valence-electron chi connectivity index (χ4n) is 3.05. The van der Waals surface area contributed by atoms with Crippen LogP contribution in [0.3, 0.4) is 0 Å². The number of benzene rings is 1. The summed E-state index contributed by atoms with van der Waals surface area (Å²) < 4.78 is 0.134. The number of hydrogen-bond acceptors (Lipinski definition) is 0. The molecule has 15 heavy (non-hydrogen) atoms. The first-order valence-electron chi connectivity index (χ1n) is 5.41. The maximum atomic E-state index is 3.86. The maximum absolute atomic E-state index is 3.86. The lowest BCUT2D eigenvalue weighted by atomic mass is 9.94. The highest BCUT2D eigenvalue weighted by atomic mass is 79.9. The summed E-state index contributed by atoms with van der Waals surface area (Å²) in [5.41, 5.74) is 3.55. The first-order chi connectivity index (χ1) is 6.96. The van der Waals surface area contributed by atoms with Crippen molar-refractivity contribution in [3.05, 3.63) is 35.4 Å². The third-order valence-electron chi connectivity index (χ3n) is 4.50. The monoisotopic (exact) mass is 328 g/mol. The summed E-state index contributed by atoms with van der Waals surface area (Å²) in [7, 11) is 0. The van der Waals surface area contributed by atoms with Crippen LogP contribution in [0.5, 0.6) is 0 Å². The van der Waals surface area contributed by atoms with Crippen molar-refractivity contribution in [3.8, 4) is 0 Å². The highest BCUT2D eigenvalue weighted by Crippen LogP contribution is 2.90. The van der Waals surface area contributed by atoms with Crippen LogP contribution >= 0.6 is 31.9 Å². The van der Waals surface area contributed by atoms with Gasteiger partial charge in [0, 0.05) is 10.8 Å². The Hall–Kier alpha value is 0.180. The predicted octanol–water partition coefficient (Wildman–Crippen LogP) is 4.53. The smallest absolute Gasteiger partial charge is 0.0711 e. The molecule has 2 heteroatoms. The van der Waals surface area contributed by atoms with Gasteiger partial charge in [0.15, 0.2) is 0 Å². The summed E-state index contributed by atoms with van der Waals surface area (Å²) in [6.07, 6.45) is 2.68. The highest BCUT2D eigenvalue weighted by Gasteiger charge is 2.88. The van der Waals surface area contributed by atoms with E-state index >= 15 is 0 Å². The minimum Gasteiger partial charge on any atom is -0.0711 e. The van der Waals surface area contributed by atoms with Gasteiger partial charge in [-0.3, -0.25) is 0 Å². The molecule has 0 N–H and O–H groups in total. The van der Waals surface area contributed by atoms with Crippen molar-refractivity contribution in [1.29, 1.82) is 0 Å². The Balaban J connectivity index is 2.06. The van der Waals surface area contributed by atoms with E-state index in [-0.39, 0.29) is 8.65 Å². The van der Waals surface area contributed by atoms with Gasteiger partial charge in [-0.05, 0) is 25.3 Å². The van der Waals surface area contributed by atoms with Gasteiger partial charge >= 0.3 is 0 Å². The van der Waals surface area contributed by atoms with Gasteiger partial charge in [-0.2, -0.15) is 0 Å². The van der Waals surface area contributed by atoms with Crippen LogP contribution in [0, 0.1) is 12.3 Å². The van der Waals surface area contributed by atoms with E-state index in [0.717, 1.165) is 0 Å². The van der Waals surface area contributed by atoms with E-state index in [1.54, 1.807) is 0 Å². The van der Waals surface area contributed by atoms with Crippen LogP contribution in [0.25, 0.3) is 0 Å². The van der Waals surface area contributed by atoms with E-state index < -0.39 is 0 Å². The van der Waals surface area contributed by atoms with Crippen molar-refractivity contribution in [2.24, 2.45) is 5.41 Å². The third-order valence-corrected chi connectivity index (χ3v) is 7.61. The van der Waals surface area contributed by atoms with Gasteiger partial charge in [-0.1, -0.05) is 68.6 Å². The standard InChI is InChI=1S/C13H14Br2/c1-9-3-5-10(6-4-9)11(2)12(7-8-12)13(11,14)15/h3-6H,7-8H2,1-2H3. The van der Waals surface area contributed by atoms with E-state index in [1.165, 1.54) is 24.0 Å². The van der Waals surface area contributed by atoms with Crippen LogP contribution in [0.4, 0.5) is 0 Å². The van der Waals surface area contributed by atoms with Crippen molar-refractivity contribution in [1.82, 2.24) is 0 Å². The van der Waals surface area contributed by atoms with Crippen molar-refractivity contribution in [3.63, 3.8) is 0 Å². The molecule has 0 aromatic heterocycles. The Morgan fingerprint density at radius 1 is 1.07 bits per heavy atom. The van der Waals surface area contributed by atoms with Crippen molar-refractivity contribution in [2.45, 2.75) is 35.3 Å². The molecule has 0 heterocycles. The predicted molar refractivity (Wildman–Crippen MR) is 70.8 cm³/mol. The van der Waals surface area contributed by atoms with E-state index in [4.69, 9.17) is 0 Å². The number of rotatable bonds is 1. The summed E-state index contributed by atoms with van der Waals surface area (Å²) in [4.78, 5) is 0. The van der Waals surface area contributed by atoms with Crippen LogP contribution in [0.15, 0.2) is 24.3 Å². The molecule has 1 spiro atoms. The summed E-state index contributed by atoms with van der Waals surface area (Å²) >= 11 is 7.73. The molecular weight excluding hydrogens is 316 g/mol. The molecule has 2 saturated carbocycles. The Bertz CT molecular complexity index is 409. The number of halogens is 2. The molecule has 3 rings (SSSR count). The molecule has 80 valence electrons. The number of alkyl halides is 2. The molecule has 2 aliphatic carbocycles. The largest absolute Gasteiger partial charge is 0.0969 e. The van der Waals surface area contributed by atoms with Crippen LogP contribution in [-0.2, 0) is 5.41 Å². The lowest BCUT2D eigenvalue weighted by Crippen LogP contribution is -2.09. The highest BCUT2D eigenvalue weighted by molar-refractivity contribution is 9.25. The van der Waals surface area contributed by atoms with Crippen molar-refractivity contribution in [2.75, 3.05) is 0 Å². The molecule has 1 aromatic rings. The van der Waals surface area contributed by atoms with Gasteiger partial charge in [-0.25, -0.2) is 0 Å². The minimum absolute atomic E-state index is 0.134. The molecule has 0 nitrogen and oxygen atoms in total. The number of hydrogen-bond donors (Lipinski definition) is 0. The lowest BCUT2D eigenvalue weighted by molar-refractivity contribution is 0.660. The van der Waals surface area contributed by atoms with Gasteiger partial charge in [0.1, 0.15) is 0 Å². The van der Waals surface area contributed by atoms with Crippen molar-refractivity contribution >= 4 is 31.9 Å². The molecule has 1 aromatic carbocycles. The maximum Gasteiger partial charge on any atom is 0.0969 e. The van der Waals surface area contributed by atoms with Crippen LogP contribution in [0.1, 0.15) is 30.9 Å². The van der Waals surface area contributed by atoms with E-state index in [1.807, 2.05) is 0 Å². The summed E-state index contributed by atoms with van der Waals surface area (Å²) in [5.74, 6) is 0. The third kappa shape index (κ3) is 0.986. The molecule has 0 radical (unpaired) electrons. The van der Waals surface area contributed by atoms with Crippen LogP contribution in [0.2, 0.25) is 0 Å². The summed E-state index contributed by atoms with van der Waals surface area (Å²) in [5, 5.41) is 0. The van der Waals surface area contributed by atoms with Gasteiger partial charge in [0.25, 0.3) is 0 Å². The summed E-state index contributed by atoms with van der Waals surface area (Å²) in [6.45, 7) is 4.51. The molecule has 1 atom stereocenters. The van der Waals surface area contributed by atoms with Gasteiger partial charge < -0.3 is 0 Å². The Labute approximate surface area is 108 Å². The SMILES string of the molecule is Cc1ccc(C2(C)C(Br)(Br)C23CC3)cc1. The minimum atomic E-state index is 0.134. The molecule has 0 aliphatic heterocycles. The Kier molecular flexibility index (Phi) is 1.86. The quantitative estimate of drug-likeness (QED) is 0.664. The zero-order valence-electron chi connectivity index (χ0n) is 8.98. The molecule has 0 amide bonds. The molecule has 2 aliphatic rings. The first-order valence-corrected chi connectivity index (χ1v) is 6.99. The Morgan fingerprint density at radius 2 is 1.60 bits per heavy atom. The molecule has 1 unspecified atom stereocenters. The Morgan fingerprint density at radius 3 is 2.00 bits per heavy atom. The first kappa shape index (κ1) is 10.3. The van der Waals surface area contributed by atoms with Crippen LogP contribution < -0.4 is 0 Å². The van der Waals surface area contributed by atoms with Gasteiger partial charge in [0.05, 0.1) is 3.23 Å². The molecule has 0 bridgehead atoms. The molecule has 2 fully saturated rings. The lowest BCUT2D eigenvalue weighted by Gasteiger charge is -2.13. The normalized spacial score (nSPS) is 34.1. The second-order valence-corrected chi connectivity index (χ2v) is 8.59. The molecular formula is C13H14Br2. The van der Waals surface area contributed by atoms with Gasteiger partial charge in [-0.15, -0.1) is 0 Å². The average molecular weight is 330 g/mol. The molecule has 0 saturated heterocycles. The summed E-state index contributed by atoms with van der Waals surface area (Å²) in [6, 6.07) is 8.98. The van der Waals surface area contributed by atoms with E-state index in [2.05, 4.69) is 70.0 Å². The van der Waals surface area contributed by atoms with Crippen molar-refractivity contribution < 1.29 is 0 Å². The number of aryl methyl sites for hydroxylation is 1. The topological polar surface area (TPSA) is 0 Å². The fourth-order valence-corrected chi connectivity index (χ4v) is 5.66. The van der Waals surface area contributed by atoms with Gasteiger partial charge in [0.2, 0.25) is 0 Å². The average Bonchev–Trinajstić information content (AvgIpc) is 3.03. The second kappa shape index (κ2) is 2.70. The zero-order chi connectivity index (χ0) is 10.9. The fraction of sp³-hybridized carbons (Fsp3) is 0.538. The zero-order valence-corrected chi connectivity index (χ0v) is 12.2. The van der Waals surface area contributed by atoms with E-state index in [9.17, 15) is 0 Å².